The molecule has 40 valence electrons. The van der Waals surface area contributed by atoms with Crippen molar-refractivity contribution in [2.75, 3.05) is 18.1 Å². The monoisotopic (exact) mass is 116 g/mol. The molecule has 0 aromatic carbocycles. The van der Waals surface area contributed by atoms with E-state index in [1.807, 2.05) is 11.8 Å². The molecule has 0 aromatic heterocycles. The molecule has 0 N–H and O–H groups in total. The van der Waals surface area contributed by atoms with Crippen LogP contribution >= 0.6 is 11.8 Å². The van der Waals surface area contributed by atoms with Gasteiger partial charge in [0, 0.05) is 5.75 Å². The van der Waals surface area contributed by atoms with Crippen molar-refractivity contribution in [3.63, 3.8) is 0 Å². The number of thioether (sulfide) groups is 1. The zero-order valence-corrected chi connectivity index (χ0v) is 4.96. The Hall–Kier alpha value is 0.310. The van der Waals surface area contributed by atoms with E-state index in [0.29, 0.717) is 5.60 Å². The normalized spacial score (nSPS) is 48.0. The summed E-state index contributed by atoms with van der Waals surface area (Å²) in [5.41, 5.74) is 0.407. The maximum absolute atomic E-state index is 5.24. The Morgan fingerprint density at radius 1 is 1.57 bits per heavy atom. The molecule has 2 aliphatic rings. The Morgan fingerprint density at radius 3 is 2.71 bits per heavy atom. The van der Waals surface area contributed by atoms with Gasteiger partial charge in [-0.25, -0.2) is 0 Å². The van der Waals surface area contributed by atoms with E-state index in [0.717, 1.165) is 6.61 Å². The lowest BCUT2D eigenvalue weighted by Crippen LogP contribution is -2.06. The van der Waals surface area contributed by atoms with Gasteiger partial charge in [-0.3, -0.25) is 0 Å². The van der Waals surface area contributed by atoms with Gasteiger partial charge in [0.05, 0.1) is 6.61 Å². The zero-order chi connectivity index (χ0) is 4.74. The summed E-state index contributed by atoms with van der Waals surface area (Å²) in [4.78, 5) is 0. The van der Waals surface area contributed by atoms with Crippen molar-refractivity contribution < 1.29 is 4.74 Å². The van der Waals surface area contributed by atoms with E-state index in [-0.39, 0.29) is 0 Å². The molecule has 2 rings (SSSR count). The Bertz CT molecular complexity index is 80.1. The SMILES string of the molecule is C1CC2(CO2)CS1. The number of hydrogen-bond acceptors (Lipinski definition) is 2. The van der Waals surface area contributed by atoms with Gasteiger partial charge in [0.1, 0.15) is 5.60 Å². The first-order chi connectivity index (χ1) is 3.41. The second kappa shape index (κ2) is 1.17. The van der Waals surface area contributed by atoms with Gasteiger partial charge >= 0.3 is 0 Å². The summed E-state index contributed by atoms with van der Waals surface area (Å²) in [6.45, 7) is 1.04. The summed E-state index contributed by atoms with van der Waals surface area (Å²) in [6.07, 6.45) is 1.30. The van der Waals surface area contributed by atoms with Gasteiger partial charge in [-0.05, 0) is 12.2 Å². The van der Waals surface area contributed by atoms with Crippen molar-refractivity contribution in [2.24, 2.45) is 0 Å². The molecule has 1 unspecified atom stereocenters. The van der Waals surface area contributed by atoms with Gasteiger partial charge in [-0.1, -0.05) is 0 Å². The van der Waals surface area contributed by atoms with E-state index < -0.39 is 0 Å². The van der Waals surface area contributed by atoms with E-state index in [9.17, 15) is 0 Å². The molecule has 1 atom stereocenters. The van der Waals surface area contributed by atoms with Crippen molar-refractivity contribution in [1.29, 1.82) is 0 Å². The highest BCUT2D eigenvalue weighted by molar-refractivity contribution is 7.99. The third-order valence-electron chi connectivity index (χ3n) is 1.62. The van der Waals surface area contributed by atoms with Crippen LogP contribution in [0.5, 0.6) is 0 Å². The summed E-state index contributed by atoms with van der Waals surface area (Å²) in [7, 11) is 0. The lowest BCUT2D eigenvalue weighted by molar-refractivity contribution is 0.329. The van der Waals surface area contributed by atoms with E-state index >= 15 is 0 Å². The smallest absolute Gasteiger partial charge is 0.101 e. The minimum Gasteiger partial charge on any atom is -0.369 e. The fraction of sp³-hybridized carbons (Fsp3) is 1.00. The van der Waals surface area contributed by atoms with Gasteiger partial charge in [0.2, 0.25) is 0 Å². The van der Waals surface area contributed by atoms with Gasteiger partial charge in [0.15, 0.2) is 0 Å². The average molecular weight is 116 g/mol. The molecule has 7 heavy (non-hydrogen) atoms. The molecule has 2 heterocycles. The predicted octanol–water partition coefficient (Wildman–Crippen LogP) is 0.892. The summed E-state index contributed by atoms with van der Waals surface area (Å²) >= 11 is 2.02. The largest absolute Gasteiger partial charge is 0.369 e. The summed E-state index contributed by atoms with van der Waals surface area (Å²) in [5.74, 6) is 2.58. The third kappa shape index (κ3) is 0.572. The van der Waals surface area contributed by atoms with Crippen molar-refractivity contribution in [2.45, 2.75) is 12.0 Å². The van der Waals surface area contributed by atoms with Crippen LogP contribution < -0.4 is 0 Å². The van der Waals surface area contributed by atoms with E-state index in [4.69, 9.17) is 4.74 Å². The highest BCUT2D eigenvalue weighted by Gasteiger charge is 2.47. The number of rotatable bonds is 0. The highest BCUT2D eigenvalue weighted by atomic mass is 32.2. The van der Waals surface area contributed by atoms with Gasteiger partial charge in [0.25, 0.3) is 0 Å². The predicted molar refractivity (Wildman–Crippen MR) is 30.6 cm³/mol. The summed E-state index contributed by atoms with van der Waals surface area (Å²) in [5, 5.41) is 0. The van der Waals surface area contributed by atoms with Crippen LogP contribution in [-0.4, -0.2) is 23.7 Å². The molecule has 1 nitrogen and oxygen atoms in total. The molecule has 2 saturated heterocycles. The first-order valence-electron chi connectivity index (χ1n) is 2.63. The van der Waals surface area contributed by atoms with Crippen LogP contribution in [0.4, 0.5) is 0 Å². The van der Waals surface area contributed by atoms with Gasteiger partial charge in [-0.15, -0.1) is 0 Å². The number of epoxide rings is 1. The standard InChI is InChI=1S/C5H8OS/c1-2-7-4-5(1)3-6-5/h1-4H2. The minimum absolute atomic E-state index is 0.407. The summed E-state index contributed by atoms with van der Waals surface area (Å²) in [6, 6.07) is 0. The van der Waals surface area contributed by atoms with Crippen molar-refractivity contribution in [3.8, 4) is 0 Å². The van der Waals surface area contributed by atoms with Crippen LogP contribution in [-0.2, 0) is 4.74 Å². The third-order valence-corrected chi connectivity index (χ3v) is 2.84. The maximum Gasteiger partial charge on any atom is 0.101 e. The first kappa shape index (κ1) is 4.21. The molecule has 0 aliphatic carbocycles. The molecular weight excluding hydrogens is 108 g/mol. The van der Waals surface area contributed by atoms with Crippen molar-refractivity contribution in [3.05, 3.63) is 0 Å². The summed E-state index contributed by atoms with van der Waals surface area (Å²) < 4.78 is 5.24. The van der Waals surface area contributed by atoms with Crippen LogP contribution in [0.15, 0.2) is 0 Å². The van der Waals surface area contributed by atoms with Crippen LogP contribution in [0.2, 0.25) is 0 Å². The lowest BCUT2D eigenvalue weighted by Gasteiger charge is -1.91. The van der Waals surface area contributed by atoms with Gasteiger partial charge in [-0.2, -0.15) is 11.8 Å². The molecule has 0 saturated carbocycles. The molecule has 2 fully saturated rings. The number of ether oxygens (including phenoxy) is 1. The second-order valence-electron chi connectivity index (χ2n) is 2.27. The quantitative estimate of drug-likeness (QED) is 0.436. The fourth-order valence-electron chi connectivity index (χ4n) is 0.918. The van der Waals surface area contributed by atoms with E-state index in [1.165, 1.54) is 17.9 Å². The number of hydrogen-bond donors (Lipinski definition) is 0. The van der Waals surface area contributed by atoms with Crippen molar-refractivity contribution >= 4 is 11.8 Å². The molecule has 2 aliphatic heterocycles. The Balaban J connectivity index is 2.07. The van der Waals surface area contributed by atoms with Gasteiger partial charge < -0.3 is 4.74 Å². The average Bonchev–Trinajstić information content (AvgIpc) is 2.15. The second-order valence-corrected chi connectivity index (χ2v) is 3.38. The van der Waals surface area contributed by atoms with Crippen LogP contribution in [0.3, 0.4) is 0 Å². The topological polar surface area (TPSA) is 12.5 Å². The molecule has 1 spiro atoms. The molecule has 0 aromatic rings. The minimum atomic E-state index is 0.407. The van der Waals surface area contributed by atoms with E-state index in [1.54, 1.807) is 0 Å². The van der Waals surface area contributed by atoms with Crippen LogP contribution in [0.1, 0.15) is 6.42 Å². The molecule has 0 radical (unpaired) electrons. The Labute approximate surface area is 47.4 Å². The first-order valence-corrected chi connectivity index (χ1v) is 3.79. The highest BCUT2D eigenvalue weighted by Crippen LogP contribution is 2.40. The Kier molecular flexibility index (Phi) is 0.707. The fourth-order valence-corrected chi connectivity index (χ4v) is 2.26. The molecular formula is C5H8OS. The molecule has 0 amide bonds. The van der Waals surface area contributed by atoms with E-state index in [2.05, 4.69) is 0 Å². The maximum atomic E-state index is 5.24. The Morgan fingerprint density at radius 2 is 2.43 bits per heavy atom. The van der Waals surface area contributed by atoms with Crippen LogP contribution in [0, 0.1) is 0 Å². The van der Waals surface area contributed by atoms with Crippen molar-refractivity contribution in [1.82, 2.24) is 0 Å². The van der Waals surface area contributed by atoms with Crippen LogP contribution in [0.25, 0.3) is 0 Å². The molecule has 0 bridgehead atoms. The molecule has 2 heteroatoms. The zero-order valence-electron chi connectivity index (χ0n) is 4.14. The lowest BCUT2D eigenvalue weighted by atomic mass is 10.1.